The van der Waals surface area contributed by atoms with Crippen LogP contribution in [0.2, 0.25) is 0 Å². The molecule has 0 unspecified atom stereocenters. The molecule has 1 amide bonds. The quantitative estimate of drug-likeness (QED) is 0.872. The van der Waals surface area contributed by atoms with Gasteiger partial charge in [0.25, 0.3) is 5.91 Å². The lowest BCUT2D eigenvalue weighted by Gasteiger charge is -2.30. The molecule has 0 saturated heterocycles. The molecule has 0 radical (unpaired) electrons. The Morgan fingerprint density at radius 1 is 1.23 bits per heavy atom. The summed E-state index contributed by atoms with van der Waals surface area (Å²) in [5.74, 6) is -0.0220. The van der Waals surface area contributed by atoms with Gasteiger partial charge in [0.1, 0.15) is 0 Å². The van der Waals surface area contributed by atoms with Crippen LogP contribution < -0.4 is 0 Å². The second-order valence-electron chi connectivity index (χ2n) is 5.99. The van der Waals surface area contributed by atoms with Crippen molar-refractivity contribution >= 4 is 5.91 Å². The van der Waals surface area contributed by atoms with E-state index in [0.717, 1.165) is 18.4 Å². The third kappa shape index (κ3) is 3.35. The molecule has 1 heterocycles. The standard InChI is InChI=1S/C17H22N4O/c1-20(15-10-6-3-7-11-15)17(22)16-13-21(19-18-16)12-14-8-4-2-5-9-14/h2,4-5,8-9,13,15H,3,6-7,10-12H2,1H3. The largest absolute Gasteiger partial charge is 0.337 e. The van der Waals surface area contributed by atoms with Crippen LogP contribution in [0, 0.1) is 0 Å². The van der Waals surface area contributed by atoms with E-state index >= 15 is 0 Å². The van der Waals surface area contributed by atoms with Gasteiger partial charge in [-0.25, -0.2) is 4.68 Å². The monoisotopic (exact) mass is 298 g/mol. The van der Waals surface area contributed by atoms with Crippen molar-refractivity contribution in [2.45, 2.75) is 44.7 Å². The summed E-state index contributed by atoms with van der Waals surface area (Å²) in [6.07, 6.45) is 7.65. The zero-order valence-corrected chi connectivity index (χ0v) is 13.0. The molecule has 1 aliphatic rings. The minimum absolute atomic E-state index is 0.0220. The summed E-state index contributed by atoms with van der Waals surface area (Å²) in [5, 5.41) is 8.13. The van der Waals surface area contributed by atoms with E-state index in [-0.39, 0.29) is 5.91 Å². The van der Waals surface area contributed by atoms with Gasteiger partial charge in [0.2, 0.25) is 0 Å². The lowest BCUT2D eigenvalue weighted by molar-refractivity contribution is 0.0690. The van der Waals surface area contributed by atoms with E-state index in [1.165, 1.54) is 19.3 Å². The van der Waals surface area contributed by atoms with E-state index in [2.05, 4.69) is 10.3 Å². The molecule has 5 heteroatoms. The highest BCUT2D eigenvalue weighted by Gasteiger charge is 2.24. The lowest BCUT2D eigenvalue weighted by Crippen LogP contribution is -2.38. The van der Waals surface area contributed by atoms with Crippen LogP contribution >= 0.6 is 0 Å². The van der Waals surface area contributed by atoms with Gasteiger partial charge in [-0.15, -0.1) is 5.10 Å². The maximum Gasteiger partial charge on any atom is 0.276 e. The minimum atomic E-state index is -0.0220. The first-order valence-electron chi connectivity index (χ1n) is 7.95. The molecule has 0 spiro atoms. The molecule has 5 nitrogen and oxygen atoms in total. The van der Waals surface area contributed by atoms with Crippen LogP contribution in [0.25, 0.3) is 0 Å². The van der Waals surface area contributed by atoms with E-state index < -0.39 is 0 Å². The molecule has 0 bridgehead atoms. The number of hydrogen-bond donors (Lipinski definition) is 0. The highest BCUT2D eigenvalue weighted by atomic mass is 16.2. The predicted molar refractivity (Wildman–Crippen MR) is 84.5 cm³/mol. The van der Waals surface area contributed by atoms with Gasteiger partial charge in [0, 0.05) is 13.1 Å². The Balaban J connectivity index is 1.66. The van der Waals surface area contributed by atoms with Crippen LogP contribution in [0.4, 0.5) is 0 Å². The second kappa shape index (κ2) is 6.73. The number of nitrogens with zero attached hydrogens (tertiary/aromatic N) is 4. The first-order chi connectivity index (χ1) is 10.7. The fourth-order valence-corrected chi connectivity index (χ4v) is 3.06. The molecule has 1 saturated carbocycles. The van der Waals surface area contributed by atoms with E-state index in [1.54, 1.807) is 10.9 Å². The molecule has 3 rings (SSSR count). The number of rotatable bonds is 4. The first-order valence-corrected chi connectivity index (χ1v) is 7.95. The fourth-order valence-electron chi connectivity index (χ4n) is 3.06. The average molecular weight is 298 g/mol. The molecule has 1 aromatic heterocycles. The first kappa shape index (κ1) is 14.8. The average Bonchev–Trinajstić information content (AvgIpc) is 3.04. The van der Waals surface area contributed by atoms with Crippen LogP contribution in [0.3, 0.4) is 0 Å². The van der Waals surface area contributed by atoms with Gasteiger partial charge in [-0.1, -0.05) is 54.8 Å². The fraction of sp³-hybridized carbons (Fsp3) is 0.471. The molecular weight excluding hydrogens is 276 g/mol. The van der Waals surface area contributed by atoms with E-state index in [9.17, 15) is 4.79 Å². The molecule has 1 fully saturated rings. The Kier molecular flexibility index (Phi) is 4.51. The molecule has 1 aliphatic carbocycles. The van der Waals surface area contributed by atoms with Crippen LogP contribution in [0.5, 0.6) is 0 Å². The minimum Gasteiger partial charge on any atom is -0.337 e. The zero-order chi connectivity index (χ0) is 15.4. The maximum atomic E-state index is 12.5. The molecule has 2 aromatic rings. The summed E-state index contributed by atoms with van der Waals surface area (Å²) in [7, 11) is 1.88. The van der Waals surface area contributed by atoms with Crippen molar-refractivity contribution in [1.29, 1.82) is 0 Å². The van der Waals surface area contributed by atoms with Crippen LogP contribution in [0.1, 0.15) is 48.2 Å². The van der Waals surface area contributed by atoms with Crippen molar-refractivity contribution in [2.24, 2.45) is 0 Å². The topological polar surface area (TPSA) is 51.0 Å². The highest BCUT2D eigenvalue weighted by molar-refractivity contribution is 5.91. The number of hydrogen-bond acceptors (Lipinski definition) is 3. The molecular formula is C17H22N4O. The van der Waals surface area contributed by atoms with Crippen LogP contribution in [-0.4, -0.2) is 38.9 Å². The predicted octanol–water partition coefficient (Wildman–Crippen LogP) is 2.73. The van der Waals surface area contributed by atoms with E-state index in [0.29, 0.717) is 18.3 Å². The van der Waals surface area contributed by atoms with Gasteiger partial charge < -0.3 is 4.90 Å². The Hall–Kier alpha value is -2.17. The maximum absolute atomic E-state index is 12.5. The highest BCUT2D eigenvalue weighted by Crippen LogP contribution is 2.22. The summed E-state index contributed by atoms with van der Waals surface area (Å²) in [6, 6.07) is 10.4. The molecule has 0 N–H and O–H groups in total. The number of benzene rings is 1. The van der Waals surface area contributed by atoms with Gasteiger partial charge in [0.05, 0.1) is 12.7 Å². The molecule has 116 valence electrons. The Labute approximate surface area is 130 Å². The summed E-state index contributed by atoms with van der Waals surface area (Å²) in [4.78, 5) is 14.4. The third-order valence-electron chi connectivity index (χ3n) is 4.39. The third-order valence-corrected chi connectivity index (χ3v) is 4.39. The number of amides is 1. The van der Waals surface area contributed by atoms with Gasteiger partial charge >= 0.3 is 0 Å². The van der Waals surface area contributed by atoms with Gasteiger partial charge in [-0.3, -0.25) is 4.79 Å². The number of carbonyl (C=O) groups excluding carboxylic acids is 1. The normalized spacial score (nSPS) is 15.7. The Morgan fingerprint density at radius 3 is 2.68 bits per heavy atom. The van der Waals surface area contributed by atoms with Crippen LogP contribution in [-0.2, 0) is 6.54 Å². The lowest BCUT2D eigenvalue weighted by atomic mass is 9.94. The number of carbonyl (C=O) groups is 1. The van der Waals surface area contributed by atoms with Crippen molar-refractivity contribution in [1.82, 2.24) is 19.9 Å². The summed E-state index contributed by atoms with van der Waals surface area (Å²) in [5.41, 5.74) is 1.58. The Bertz CT molecular complexity index is 617. The van der Waals surface area contributed by atoms with E-state index in [1.807, 2.05) is 42.3 Å². The van der Waals surface area contributed by atoms with Gasteiger partial charge in [-0.05, 0) is 18.4 Å². The van der Waals surface area contributed by atoms with Crippen molar-refractivity contribution < 1.29 is 4.79 Å². The second-order valence-corrected chi connectivity index (χ2v) is 5.99. The van der Waals surface area contributed by atoms with E-state index in [4.69, 9.17) is 0 Å². The molecule has 0 aliphatic heterocycles. The Morgan fingerprint density at radius 2 is 1.95 bits per heavy atom. The molecule has 1 aromatic carbocycles. The molecule has 22 heavy (non-hydrogen) atoms. The van der Waals surface area contributed by atoms with Crippen LogP contribution in [0.15, 0.2) is 36.5 Å². The molecule has 0 atom stereocenters. The smallest absolute Gasteiger partial charge is 0.276 e. The summed E-state index contributed by atoms with van der Waals surface area (Å²) < 4.78 is 1.72. The summed E-state index contributed by atoms with van der Waals surface area (Å²) >= 11 is 0. The summed E-state index contributed by atoms with van der Waals surface area (Å²) in [6.45, 7) is 0.633. The van der Waals surface area contributed by atoms with Gasteiger partial charge in [0.15, 0.2) is 5.69 Å². The van der Waals surface area contributed by atoms with Crippen molar-refractivity contribution in [2.75, 3.05) is 7.05 Å². The van der Waals surface area contributed by atoms with Crippen molar-refractivity contribution in [3.8, 4) is 0 Å². The zero-order valence-electron chi connectivity index (χ0n) is 13.0. The van der Waals surface area contributed by atoms with Crippen molar-refractivity contribution in [3.63, 3.8) is 0 Å². The number of aromatic nitrogens is 3. The van der Waals surface area contributed by atoms with Gasteiger partial charge in [-0.2, -0.15) is 0 Å². The SMILES string of the molecule is CN(C(=O)c1cn(Cc2ccccc2)nn1)C1CCCCC1. The van der Waals surface area contributed by atoms with Crippen molar-refractivity contribution in [3.05, 3.63) is 47.8 Å².